The lowest BCUT2D eigenvalue weighted by Gasteiger charge is -2.20. The van der Waals surface area contributed by atoms with Crippen molar-refractivity contribution in [1.29, 1.82) is 0 Å². The highest BCUT2D eigenvalue weighted by atomic mass is 35.5. The highest BCUT2D eigenvalue weighted by Crippen LogP contribution is 2.10. The molecule has 1 atom stereocenters. The van der Waals surface area contributed by atoms with Crippen molar-refractivity contribution < 1.29 is 9.53 Å². The summed E-state index contributed by atoms with van der Waals surface area (Å²) in [6, 6.07) is 10.1. The monoisotopic (exact) mass is 298 g/mol. The van der Waals surface area contributed by atoms with Crippen molar-refractivity contribution in [1.82, 2.24) is 10.2 Å². The van der Waals surface area contributed by atoms with Crippen LogP contribution in [-0.4, -0.2) is 44.1 Å². The first-order valence-electron chi connectivity index (χ1n) is 6.85. The second kappa shape index (κ2) is 8.95. The van der Waals surface area contributed by atoms with Crippen LogP contribution in [0.25, 0.3) is 0 Å². The van der Waals surface area contributed by atoms with Crippen LogP contribution in [-0.2, 0) is 16.1 Å². The molecule has 0 bridgehead atoms. The number of nitrogens with zero attached hydrogens (tertiary/aromatic N) is 1. The third-order valence-electron chi connectivity index (χ3n) is 3.47. The summed E-state index contributed by atoms with van der Waals surface area (Å²) in [5, 5.41) is 3.22. The predicted molar refractivity (Wildman–Crippen MR) is 82.0 cm³/mol. The lowest BCUT2D eigenvalue weighted by molar-refractivity contribution is -0.134. The average molecular weight is 299 g/mol. The van der Waals surface area contributed by atoms with Gasteiger partial charge in [-0.2, -0.15) is 0 Å². The first-order chi connectivity index (χ1) is 9.27. The molecule has 1 unspecified atom stereocenters. The molecule has 1 aromatic carbocycles. The third kappa shape index (κ3) is 5.12. The lowest BCUT2D eigenvalue weighted by atomic mass is 10.1. The summed E-state index contributed by atoms with van der Waals surface area (Å²) < 4.78 is 5.59. The number of halogens is 1. The Balaban J connectivity index is 0.00000200. The summed E-state index contributed by atoms with van der Waals surface area (Å²) in [5.74, 6) is 0.382. The minimum Gasteiger partial charge on any atom is -0.375 e. The Morgan fingerprint density at radius 3 is 2.80 bits per heavy atom. The first-order valence-corrected chi connectivity index (χ1v) is 6.85. The number of benzene rings is 1. The normalized spacial score (nSPS) is 17.6. The van der Waals surface area contributed by atoms with Crippen molar-refractivity contribution in [3.05, 3.63) is 35.9 Å². The minimum absolute atomic E-state index is 0. The maximum Gasteiger partial charge on any atom is 0.226 e. The minimum atomic E-state index is 0. The number of hydrogen-bond donors (Lipinski definition) is 1. The van der Waals surface area contributed by atoms with E-state index in [1.54, 1.807) is 4.90 Å². The largest absolute Gasteiger partial charge is 0.375 e. The zero-order chi connectivity index (χ0) is 13.5. The van der Waals surface area contributed by atoms with Crippen LogP contribution in [0.3, 0.4) is 0 Å². The summed E-state index contributed by atoms with van der Waals surface area (Å²) in [4.78, 5) is 13.8. The van der Waals surface area contributed by atoms with Gasteiger partial charge in [0.25, 0.3) is 0 Å². The fraction of sp³-hybridized carbons (Fsp3) is 0.533. The fourth-order valence-corrected chi connectivity index (χ4v) is 2.25. The standard InChI is InChI=1S/C15H22N2O2.ClH/c1-17(15(18)14-7-8-16-11-14)9-10-19-12-13-5-3-2-4-6-13;/h2-6,14,16H,7-12H2,1H3;1H. The molecule has 1 aromatic rings. The third-order valence-corrected chi connectivity index (χ3v) is 3.47. The molecule has 1 aliphatic rings. The van der Waals surface area contributed by atoms with Gasteiger partial charge in [-0.1, -0.05) is 30.3 Å². The Kier molecular flexibility index (Phi) is 7.59. The van der Waals surface area contributed by atoms with E-state index in [9.17, 15) is 4.79 Å². The highest BCUT2D eigenvalue weighted by Gasteiger charge is 2.24. The SMILES string of the molecule is CN(CCOCc1ccccc1)C(=O)C1CCNC1.Cl. The Bertz CT molecular complexity index is 394. The highest BCUT2D eigenvalue weighted by molar-refractivity contribution is 5.85. The molecule has 20 heavy (non-hydrogen) atoms. The Hall–Kier alpha value is -1.10. The molecule has 1 amide bonds. The van der Waals surface area contributed by atoms with E-state index in [-0.39, 0.29) is 24.2 Å². The van der Waals surface area contributed by atoms with E-state index >= 15 is 0 Å². The number of likely N-dealkylation sites (N-methyl/N-ethyl adjacent to an activating group) is 1. The number of amides is 1. The lowest BCUT2D eigenvalue weighted by Crippen LogP contribution is -2.36. The Labute approximate surface area is 126 Å². The molecule has 0 spiro atoms. The number of nitrogens with one attached hydrogen (secondary N) is 1. The quantitative estimate of drug-likeness (QED) is 0.813. The number of ether oxygens (including phenoxy) is 1. The van der Waals surface area contributed by atoms with Gasteiger partial charge in [0.05, 0.1) is 19.1 Å². The van der Waals surface area contributed by atoms with Crippen molar-refractivity contribution in [2.75, 3.05) is 33.3 Å². The molecular weight excluding hydrogens is 276 g/mol. The molecule has 1 saturated heterocycles. The van der Waals surface area contributed by atoms with Crippen molar-refractivity contribution in [2.45, 2.75) is 13.0 Å². The Morgan fingerprint density at radius 2 is 2.15 bits per heavy atom. The van der Waals surface area contributed by atoms with Gasteiger partial charge in [-0.25, -0.2) is 0 Å². The van der Waals surface area contributed by atoms with Crippen molar-refractivity contribution in [3.8, 4) is 0 Å². The molecule has 0 radical (unpaired) electrons. The zero-order valence-corrected chi connectivity index (χ0v) is 12.7. The molecule has 0 saturated carbocycles. The number of carbonyl (C=O) groups excluding carboxylic acids is 1. The van der Waals surface area contributed by atoms with E-state index < -0.39 is 0 Å². The van der Waals surface area contributed by atoms with Crippen LogP contribution in [0.2, 0.25) is 0 Å². The van der Waals surface area contributed by atoms with E-state index in [4.69, 9.17) is 4.74 Å². The van der Waals surface area contributed by atoms with Gasteiger partial charge in [-0.3, -0.25) is 4.79 Å². The maximum atomic E-state index is 12.0. The van der Waals surface area contributed by atoms with Crippen LogP contribution < -0.4 is 5.32 Å². The summed E-state index contributed by atoms with van der Waals surface area (Å²) in [6.45, 7) is 3.61. The van der Waals surface area contributed by atoms with Crippen LogP contribution >= 0.6 is 12.4 Å². The van der Waals surface area contributed by atoms with E-state index in [0.717, 1.165) is 25.1 Å². The first kappa shape index (κ1) is 17.0. The van der Waals surface area contributed by atoms with Gasteiger partial charge in [0.1, 0.15) is 0 Å². The molecule has 1 fully saturated rings. The van der Waals surface area contributed by atoms with Crippen molar-refractivity contribution in [3.63, 3.8) is 0 Å². The predicted octanol–water partition coefficient (Wildman–Crippen LogP) is 1.69. The van der Waals surface area contributed by atoms with Gasteiger partial charge >= 0.3 is 0 Å². The van der Waals surface area contributed by atoms with Crippen LogP contribution in [0.5, 0.6) is 0 Å². The van der Waals surface area contributed by atoms with Gasteiger partial charge in [0, 0.05) is 20.1 Å². The molecule has 2 rings (SSSR count). The number of rotatable bonds is 6. The molecule has 5 heteroatoms. The fourth-order valence-electron chi connectivity index (χ4n) is 2.25. The van der Waals surface area contributed by atoms with Crippen molar-refractivity contribution in [2.24, 2.45) is 5.92 Å². The van der Waals surface area contributed by atoms with Gasteiger partial charge < -0.3 is 15.0 Å². The van der Waals surface area contributed by atoms with Gasteiger partial charge in [-0.05, 0) is 18.5 Å². The average Bonchev–Trinajstić information content (AvgIpc) is 2.98. The van der Waals surface area contributed by atoms with Crippen LogP contribution in [0.1, 0.15) is 12.0 Å². The summed E-state index contributed by atoms with van der Waals surface area (Å²) in [5.41, 5.74) is 1.16. The second-order valence-corrected chi connectivity index (χ2v) is 4.99. The number of carbonyl (C=O) groups is 1. The van der Waals surface area contributed by atoms with Crippen LogP contribution in [0, 0.1) is 5.92 Å². The summed E-state index contributed by atoms with van der Waals surface area (Å²) in [6.07, 6.45) is 0.952. The molecule has 1 heterocycles. The maximum absolute atomic E-state index is 12.0. The zero-order valence-electron chi connectivity index (χ0n) is 11.9. The topological polar surface area (TPSA) is 41.6 Å². The molecule has 1 N–H and O–H groups in total. The summed E-state index contributed by atoms with van der Waals surface area (Å²) >= 11 is 0. The van der Waals surface area contributed by atoms with E-state index in [0.29, 0.717) is 19.8 Å². The molecule has 1 aliphatic heterocycles. The van der Waals surface area contributed by atoms with Gasteiger partial charge in [-0.15, -0.1) is 12.4 Å². The van der Waals surface area contributed by atoms with Crippen LogP contribution in [0.15, 0.2) is 30.3 Å². The molecular formula is C15H23ClN2O2. The molecule has 112 valence electrons. The number of hydrogen-bond acceptors (Lipinski definition) is 3. The van der Waals surface area contributed by atoms with E-state index in [1.165, 1.54) is 0 Å². The van der Waals surface area contributed by atoms with Crippen molar-refractivity contribution >= 4 is 18.3 Å². The smallest absolute Gasteiger partial charge is 0.226 e. The molecule has 0 aliphatic carbocycles. The Morgan fingerprint density at radius 1 is 1.40 bits per heavy atom. The van der Waals surface area contributed by atoms with Crippen LogP contribution in [0.4, 0.5) is 0 Å². The van der Waals surface area contributed by atoms with Gasteiger partial charge in [0.15, 0.2) is 0 Å². The second-order valence-electron chi connectivity index (χ2n) is 4.99. The summed E-state index contributed by atoms with van der Waals surface area (Å²) in [7, 11) is 1.85. The molecule has 0 aromatic heterocycles. The van der Waals surface area contributed by atoms with E-state index in [2.05, 4.69) is 5.32 Å². The van der Waals surface area contributed by atoms with Gasteiger partial charge in [0.2, 0.25) is 5.91 Å². The van der Waals surface area contributed by atoms with E-state index in [1.807, 2.05) is 37.4 Å². The molecule has 4 nitrogen and oxygen atoms in total.